The number of carbonyl (C=O) groups excluding carboxylic acids is 2. The van der Waals surface area contributed by atoms with Crippen LogP contribution in [0.3, 0.4) is 0 Å². The van der Waals surface area contributed by atoms with Crippen LogP contribution in [0.2, 0.25) is 0 Å². The first kappa shape index (κ1) is 28.7. The molecule has 36 heavy (non-hydrogen) atoms. The molecule has 2 fully saturated rings. The Kier molecular flexibility index (Phi) is 13.4. The van der Waals surface area contributed by atoms with Gasteiger partial charge in [0.25, 0.3) is 0 Å². The lowest BCUT2D eigenvalue weighted by Gasteiger charge is -2.31. The molecule has 1 aromatic carbocycles. The average Bonchev–Trinajstić information content (AvgIpc) is 3.58. The van der Waals surface area contributed by atoms with Crippen LogP contribution in [0.5, 0.6) is 0 Å². The summed E-state index contributed by atoms with van der Waals surface area (Å²) in [5.41, 5.74) is 1.36. The molecule has 5 nitrogen and oxygen atoms in total. The molecule has 5 heteroatoms. The van der Waals surface area contributed by atoms with Crippen LogP contribution in [0.15, 0.2) is 30.3 Å². The van der Waals surface area contributed by atoms with Gasteiger partial charge in [-0.3, -0.25) is 14.5 Å². The molecule has 1 N–H and O–H groups in total. The van der Waals surface area contributed by atoms with Crippen molar-refractivity contribution in [1.29, 1.82) is 0 Å². The fourth-order valence-electron chi connectivity index (χ4n) is 5.94. The molecule has 2 aliphatic rings. The van der Waals surface area contributed by atoms with E-state index in [1.807, 2.05) is 4.90 Å². The topological polar surface area (TPSA) is 52.7 Å². The number of unbranched alkanes of at least 4 members (excludes halogenated alkanes) is 9. The molecule has 202 valence electrons. The van der Waals surface area contributed by atoms with Gasteiger partial charge in [0, 0.05) is 13.1 Å². The predicted molar refractivity (Wildman–Crippen MR) is 149 cm³/mol. The summed E-state index contributed by atoms with van der Waals surface area (Å²) in [7, 11) is 0. The maximum Gasteiger partial charge on any atom is 0.242 e. The van der Waals surface area contributed by atoms with Gasteiger partial charge in [0.05, 0.1) is 6.04 Å². The van der Waals surface area contributed by atoms with E-state index in [0.717, 1.165) is 71.1 Å². The van der Waals surface area contributed by atoms with Crippen LogP contribution in [0.25, 0.3) is 0 Å². The Morgan fingerprint density at radius 1 is 0.806 bits per heavy atom. The summed E-state index contributed by atoms with van der Waals surface area (Å²) >= 11 is 0. The van der Waals surface area contributed by atoms with Crippen molar-refractivity contribution in [2.75, 3.05) is 26.2 Å². The molecule has 2 heterocycles. The van der Waals surface area contributed by atoms with Crippen molar-refractivity contribution in [2.24, 2.45) is 0 Å². The van der Waals surface area contributed by atoms with Gasteiger partial charge in [-0.15, -0.1) is 0 Å². The fourth-order valence-corrected chi connectivity index (χ4v) is 5.94. The summed E-state index contributed by atoms with van der Waals surface area (Å²) in [4.78, 5) is 30.7. The van der Waals surface area contributed by atoms with Crippen molar-refractivity contribution < 1.29 is 9.59 Å². The molecule has 2 unspecified atom stereocenters. The largest absolute Gasteiger partial charge is 0.354 e. The van der Waals surface area contributed by atoms with Crippen LogP contribution in [0, 0.1) is 0 Å². The van der Waals surface area contributed by atoms with Crippen molar-refractivity contribution >= 4 is 11.8 Å². The van der Waals surface area contributed by atoms with E-state index in [0.29, 0.717) is 0 Å². The zero-order valence-electron chi connectivity index (χ0n) is 22.9. The lowest BCUT2D eigenvalue weighted by molar-refractivity contribution is -0.142. The Labute approximate surface area is 220 Å². The predicted octanol–water partition coefficient (Wildman–Crippen LogP) is 6.11. The first-order valence-corrected chi connectivity index (χ1v) is 15.1. The maximum absolute atomic E-state index is 13.5. The molecule has 0 saturated carbocycles. The molecule has 0 aliphatic carbocycles. The van der Waals surface area contributed by atoms with Gasteiger partial charge in [0.1, 0.15) is 6.04 Å². The van der Waals surface area contributed by atoms with Gasteiger partial charge in [0.2, 0.25) is 11.8 Å². The molecule has 3 rings (SSSR count). The molecule has 2 amide bonds. The van der Waals surface area contributed by atoms with E-state index in [9.17, 15) is 9.59 Å². The zero-order chi connectivity index (χ0) is 25.4. The standard InChI is InChI=1S/C31H51N3O2/c1-2-3-4-5-6-7-8-9-10-14-23-32-30(35)28-21-17-26-34(28)31(36)29-22-16-25-33(29)24-15-20-27-18-12-11-13-19-27/h11-13,18-19,28-29H,2-10,14-17,20-26H2,1H3,(H,32,35). The number of nitrogens with one attached hydrogen (secondary N) is 1. The summed E-state index contributed by atoms with van der Waals surface area (Å²) in [5, 5.41) is 3.14. The minimum atomic E-state index is -0.271. The van der Waals surface area contributed by atoms with Crippen molar-refractivity contribution in [3.8, 4) is 0 Å². The van der Waals surface area contributed by atoms with E-state index < -0.39 is 0 Å². The highest BCUT2D eigenvalue weighted by Gasteiger charge is 2.40. The van der Waals surface area contributed by atoms with E-state index in [4.69, 9.17) is 0 Å². The first-order valence-electron chi connectivity index (χ1n) is 15.1. The number of benzene rings is 1. The van der Waals surface area contributed by atoms with Crippen molar-refractivity contribution in [3.05, 3.63) is 35.9 Å². The second kappa shape index (κ2) is 16.8. The molecular weight excluding hydrogens is 446 g/mol. The molecule has 0 spiro atoms. The Morgan fingerprint density at radius 3 is 2.17 bits per heavy atom. The molecule has 0 aromatic heterocycles. The van der Waals surface area contributed by atoms with E-state index >= 15 is 0 Å². The highest BCUT2D eigenvalue weighted by molar-refractivity contribution is 5.90. The quantitative estimate of drug-likeness (QED) is 0.264. The Hall–Kier alpha value is -1.88. The zero-order valence-corrected chi connectivity index (χ0v) is 22.9. The molecule has 1 aromatic rings. The molecule has 2 saturated heterocycles. The van der Waals surface area contributed by atoms with Gasteiger partial charge in [0.15, 0.2) is 0 Å². The van der Waals surface area contributed by atoms with Crippen LogP contribution in [0.4, 0.5) is 0 Å². The van der Waals surface area contributed by atoms with Crippen LogP contribution in [-0.2, 0) is 16.0 Å². The fraction of sp³-hybridized carbons (Fsp3) is 0.742. The van der Waals surface area contributed by atoms with E-state index in [1.165, 1.54) is 63.4 Å². The minimum Gasteiger partial charge on any atom is -0.354 e. The summed E-state index contributed by atoms with van der Waals surface area (Å²) in [5.74, 6) is 0.245. The number of nitrogens with zero attached hydrogens (tertiary/aromatic N) is 2. The van der Waals surface area contributed by atoms with Gasteiger partial charge in [-0.1, -0.05) is 95.0 Å². The van der Waals surface area contributed by atoms with Crippen LogP contribution < -0.4 is 5.32 Å². The summed E-state index contributed by atoms with van der Waals surface area (Å²) in [6.45, 7) is 5.68. The second-order valence-electron chi connectivity index (χ2n) is 10.9. The van der Waals surface area contributed by atoms with Crippen LogP contribution in [-0.4, -0.2) is 59.9 Å². The number of rotatable bonds is 17. The Bertz CT molecular complexity index is 753. The third-order valence-electron chi connectivity index (χ3n) is 8.07. The van der Waals surface area contributed by atoms with Crippen LogP contribution >= 0.6 is 0 Å². The summed E-state index contributed by atoms with van der Waals surface area (Å²) in [6.07, 6.45) is 18.8. The molecule has 2 atom stereocenters. The SMILES string of the molecule is CCCCCCCCCCCCNC(=O)C1CCCN1C(=O)C1CCCN1CCCc1ccccc1. The van der Waals surface area contributed by atoms with Crippen molar-refractivity contribution in [3.63, 3.8) is 0 Å². The number of amides is 2. The first-order chi connectivity index (χ1) is 17.7. The maximum atomic E-state index is 13.5. The molecular formula is C31H51N3O2. The highest BCUT2D eigenvalue weighted by Crippen LogP contribution is 2.25. The normalized spacial score (nSPS) is 20.2. The Balaban J connectivity index is 1.32. The smallest absolute Gasteiger partial charge is 0.242 e. The second-order valence-corrected chi connectivity index (χ2v) is 10.9. The molecule has 0 bridgehead atoms. The third kappa shape index (κ3) is 9.53. The van der Waals surface area contributed by atoms with E-state index in [-0.39, 0.29) is 23.9 Å². The summed E-state index contributed by atoms with van der Waals surface area (Å²) < 4.78 is 0. The average molecular weight is 498 g/mol. The van der Waals surface area contributed by atoms with Gasteiger partial charge in [-0.05, 0) is 63.6 Å². The van der Waals surface area contributed by atoms with Gasteiger partial charge >= 0.3 is 0 Å². The highest BCUT2D eigenvalue weighted by atomic mass is 16.2. The Morgan fingerprint density at radius 2 is 1.44 bits per heavy atom. The van der Waals surface area contributed by atoms with Gasteiger partial charge in [-0.25, -0.2) is 0 Å². The lowest BCUT2D eigenvalue weighted by atomic mass is 10.1. The third-order valence-corrected chi connectivity index (χ3v) is 8.07. The number of likely N-dealkylation sites (tertiary alicyclic amines) is 2. The van der Waals surface area contributed by atoms with Gasteiger partial charge < -0.3 is 10.2 Å². The van der Waals surface area contributed by atoms with Gasteiger partial charge in [-0.2, -0.15) is 0 Å². The lowest BCUT2D eigenvalue weighted by Crippen LogP contribution is -2.52. The molecule has 2 aliphatic heterocycles. The number of carbonyl (C=O) groups is 2. The molecule has 0 radical (unpaired) electrons. The number of hydrogen-bond acceptors (Lipinski definition) is 3. The minimum absolute atomic E-state index is 0.0452. The van der Waals surface area contributed by atoms with E-state index in [2.05, 4.69) is 47.5 Å². The van der Waals surface area contributed by atoms with Crippen molar-refractivity contribution in [2.45, 2.75) is 122 Å². The number of aryl methyl sites for hydroxylation is 1. The monoisotopic (exact) mass is 497 g/mol. The van der Waals surface area contributed by atoms with Crippen molar-refractivity contribution in [1.82, 2.24) is 15.1 Å². The van der Waals surface area contributed by atoms with Crippen LogP contribution in [0.1, 0.15) is 109 Å². The van der Waals surface area contributed by atoms with E-state index in [1.54, 1.807) is 0 Å². The summed E-state index contributed by atoms with van der Waals surface area (Å²) in [6, 6.07) is 10.3. The number of hydrogen-bond donors (Lipinski definition) is 1.